The van der Waals surface area contributed by atoms with Crippen LogP contribution in [0.1, 0.15) is 82.0 Å². The standard InChI is InChI=1S/C44H49F2NO16/c1-40(2)62-35-20-27-28-19-30(45)29-18-25(48)12-13-41(29,3)43(28,46)33(49)21-42(27,4)44(35,63-40)34(50)22-57-39(52)60-32-17-24(37(51)56-14-6-7-15-58-47(53)54)16-31-36(32)61-38(59-31)23-8-10-26(55-5)11-9-23/h8-13,16-18,27-28,30,33,35,38,49,53-54H,6-7,14-15,19-22H2,1-5H3/t27?,28?,30-,33-,35+,38?,41-,42-,43-,44+/m0/s1. The van der Waals surface area contributed by atoms with Crippen LogP contribution in [0.15, 0.2) is 60.2 Å². The van der Waals surface area contributed by atoms with Crippen LogP contribution in [0.2, 0.25) is 0 Å². The molecule has 17 nitrogen and oxygen atoms in total. The highest BCUT2D eigenvalue weighted by atomic mass is 19.1. The first-order chi connectivity index (χ1) is 29.8. The first kappa shape index (κ1) is 44.6. The van der Waals surface area contributed by atoms with Crippen LogP contribution in [0.4, 0.5) is 13.6 Å². The van der Waals surface area contributed by atoms with Crippen molar-refractivity contribution in [2.75, 3.05) is 26.9 Å². The zero-order valence-electron chi connectivity index (χ0n) is 35.2. The largest absolute Gasteiger partial charge is 0.514 e. The summed E-state index contributed by atoms with van der Waals surface area (Å²) in [6.45, 7) is 5.28. The molecule has 10 atom stereocenters. The Morgan fingerprint density at radius 1 is 0.968 bits per heavy atom. The van der Waals surface area contributed by atoms with Crippen molar-refractivity contribution >= 4 is 23.7 Å². The number of aliphatic hydroxyl groups is 1. The minimum atomic E-state index is -2.42. The molecule has 2 aliphatic heterocycles. The van der Waals surface area contributed by atoms with Gasteiger partial charge in [0.05, 0.1) is 43.5 Å². The quantitative estimate of drug-likeness (QED) is 0.0908. The van der Waals surface area contributed by atoms with Crippen LogP contribution in [0.3, 0.4) is 0 Å². The smallest absolute Gasteiger partial charge is 0.497 e. The van der Waals surface area contributed by atoms with Gasteiger partial charge in [-0.05, 0) is 113 Å². The van der Waals surface area contributed by atoms with Gasteiger partial charge >= 0.3 is 12.1 Å². The molecule has 6 aliphatic rings. The van der Waals surface area contributed by atoms with Crippen LogP contribution in [0, 0.1) is 22.7 Å². The summed E-state index contributed by atoms with van der Waals surface area (Å²) < 4.78 is 80.3. The van der Waals surface area contributed by atoms with E-state index in [4.69, 9.17) is 48.3 Å². The molecule has 1 saturated heterocycles. The van der Waals surface area contributed by atoms with Crippen molar-refractivity contribution in [2.45, 2.75) is 102 Å². The second-order valence-corrected chi connectivity index (χ2v) is 17.6. The number of fused-ring (bicyclic) bond motifs is 8. The molecule has 340 valence electrons. The second-order valence-electron chi connectivity index (χ2n) is 17.6. The number of esters is 1. The van der Waals surface area contributed by atoms with Crippen LogP contribution in [0.25, 0.3) is 0 Å². The topological polar surface area (TPSA) is 215 Å². The zero-order chi connectivity index (χ0) is 45.3. The van der Waals surface area contributed by atoms with Crippen molar-refractivity contribution in [1.29, 1.82) is 0 Å². The highest BCUT2D eigenvalue weighted by molar-refractivity contribution is 6.01. The highest BCUT2D eigenvalue weighted by Gasteiger charge is 2.80. The fraction of sp³-hybridized carbons (Fsp3) is 0.545. The molecule has 3 unspecified atom stereocenters. The van der Waals surface area contributed by atoms with Gasteiger partial charge in [0, 0.05) is 22.3 Å². The number of methoxy groups -OCH3 is 1. The molecule has 2 aromatic carbocycles. The van der Waals surface area contributed by atoms with E-state index in [9.17, 15) is 24.3 Å². The van der Waals surface area contributed by atoms with E-state index in [0.29, 0.717) is 24.2 Å². The maximum atomic E-state index is 17.9. The van der Waals surface area contributed by atoms with E-state index in [2.05, 4.69) is 4.84 Å². The molecular weight excluding hydrogens is 836 g/mol. The molecule has 0 radical (unpaired) electrons. The predicted molar refractivity (Wildman–Crippen MR) is 208 cm³/mol. The Morgan fingerprint density at radius 3 is 2.41 bits per heavy atom. The summed E-state index contributed by atoms with van der Waals surface area (Å²) in [4.78, 5) is 58.2. The van der Waals surface area contributed by atoms with Crippen molar-refractivity contribution in [1.82, 2.24) is 5.39 Å². The Bertz CT molecular complexity index is 2230. The van der Waals surface area contributed by atoms with Crippen LogP contribution in [-0.2, 0) is 33.4 Å². The van der Waals surface area contributed by atoms with E-state index in [0.717, 1.165) is 6.08 Å². The normalized spacial score (nSPS) is 34.3. The minimum absolute atomic E-state index is 0.0127. The Hall–Kier alpha value is -5.02. The summed E-state index contributed by atoms with van der Waals surface area (Å²) in [5.74, 6) is -5.10. The number of rotatable bonds is 13. The molecule has 19 heteroatoms. The number of nitrogens with zero attached hydrogens (tertiary/aromatic N) is 1. The average Bonchev–Trinajstić information content (AvgIpc) is 3.87. The van der Waals surface area contributed by atoms with Gasteiger partial charge in [-0.2, -0.15) is 0 Å². The van der Waals surface area contributed by atoms with Crippen LogP contribution < -0.4 is 18.9 Å². The summed E-state index contributed by atoms with van der Waals surface area (Å²) in [7, 11) is 1.51. The SMILES string of the molecule is COc1ccc(C2Oc3cc(C(=O)OCCCCON(O)O)cc(OC(=O)OCC(=O)[C@@]45OC(C)(C)O[C@@H]4CC4C6C[C@H](F)C7=CC(=O)C=C[C@]7(C)[C@@]6(F)[C@@H](O)C[C@@]45C)c3O2)cc1. The van der Waals surface area contributed by atoms with Gasteiger partial charge in [0.15, 0.2) is 40.9 Å². The number of Topliss-reactive ketones (excluding diaryl/α,β-unsaturated/α-hetero) is 1. The summed E-state index contributed by atoms with van der Waals surface area (Å²) in [6, 6.07) is 9.24. The molecule has 0 spiro atoms. The maximum absolute atomic E-state index is 17.9. The molecule has 0 aromatic heterocycles. The Labute approximate surface area is 360 Å². The molecule has 2 aromatic rings. The number of carbonyl (C=O) groups is 4. The summed E-state index contributed by atoms with van der Waals surface area (Å²) in [5.41, 5.74) is -6.91. The molecule has 3 saturated carbocycles. The maximum Gasteiger partial charge on any atom is 0.514 e. The Kier molecular flexibility index (Phi) is 11.5. The number of benzene rings is 2. The third kappa shape index (κ3) is 7.36. The van der Waals surface area contributed by atoms with Crippen LogP contribution in [-0.4, -0.2) is 107 Å². The Morgan fingerprint density at radius 2 is 1.70 bits per heavy atom. The summed E-state index contributed by atoms with van der Waals surface area (Å²) in [6.07, 6.45) is -3.27. The lowest BCUT2D eigenvalue weighted by molar-refractivity contribution is -0.492. The van der Waals surface area contributed by atoms with Crippen molar-refractivity contribution in [3.8, 4) is 23.0 Å². The molecule has 8 rings (SSSR count). The number of hydrogen-bond donors (Lipinski definition) is 3. The van der Waals surface area contributed by atoms with Crippen molar-refractivity contribution < 1.29 is 86.2 Å². The van der Waals surface area contributed by atoms with Crippen molar-refractivity contribution in [3.05, 3.63) is 71.3 Å². The third-order valence-electron chi connectivity index (χ3n) is 13.6. The number of hydrogen-bond acceptors (Lipinski definition) is 17. The van der Waals surface area contributed by atoms with Crippen molar-refractivity contribution in [2.24, 2.45) is 22.7 Å². The average molecular weight is 886 g/mol. The highest BCUT2D eigenvalue weighted by Crippen LogP contribution is 2.72. The lowest BCUT2D eigenvalue weighted by atomic mass is 9.44. The zero-order valence-corrected chi connectivity index (χ0v) is 35.2. The number of alkyl halides is 2. The van der Waals surface area contributed by atoms with Gasteiger partial charge in [0.1, 0.15) is 11.9 Å². The number of ketones is 2. The lowest BCUT2D eigenvalue weighted by Gasteiger charge is -2.63. The molecule has 4 fully saturated rings. The molecule has 4 aliphatic carbocycles. The van der Waals surface area contributed by atoms with Crippen LogP contribution in [0.5, 0.6) is 23.0 Å². The molecule has 0 amide bonds. The van der Waals surface area contributed by atoms with Gasteiger partial charge in [-0.1, -0.05) is 13.0 Å². The van der Waals surface area contributed by atoms with Gasteiger partial charge < -0.3 is 43.0 Å². The predicted octanol–water partition coefficient (Wildman–Crippen LogP) is 6.02. The number of unbranched alkanes of at least 4 members (excludes halogenated alkanes) is 1. The van der Waals surface area contributed by atoms with E-state index in [-0.39, 0.29) is 60.9 Å². The first-order valence-corrected chi connectivity index (χ1v) is 20.6. The lowest BCUT2D eigenvalue weighted by Crippen LogP contribution is -2.71. The fourth-order valence-corrected chi connectivity index (χ4v) is 10.9. The monoisotopic (exact) mass is 885 g/mol. The molecule has 0 bridgehead atoms. The van der Waals surface area contributed by atoms with Crippen LogP contribution >= 0.6 is 0 Å². The van der Waals surface area contributed by atoms with E-state index in [1.165, 1.54) is 38.3 Å². The molecular formula is C44H49F2NO16. The summed E-state index contributed by atoms with van der Waals surface area (Å²) in [5, 5.41) is 28.8. The van der Waals surface area contributed by atoms with Gasteiger partial charge in [-0.15, -0.1) is 0 Å². The first-order valence-electron chi connectivity index (χ1n) is 20.6. The van der Waals surface area contributed by atoms with E-state index in [1.807, 2.05) is 0 Å². The minimum Gasteiger partial charge on any atom is -0.497 e. The summed E-state index contributed by atoms with van der Waals surface area (Å²) >= 11 is 0. The number of ether oxygens (including phenoxy) is 8. The van der Waals surface area contributed by atoms with Gasteiger partial charge in [0.25, 0.3) is 6.29 Å². The van der Waals surface area contributed by atoms with E-state index in [1.54, 1.807) is 45.0 Å². The van der Waals surface area contributed by atoms with E-state index < -0.39 is 100 Å². The molecule has 3 N–H and O–H groups in total. The Balaban J connectivity index is 1.02. The van der Waals surface area contributed by atoms with E-state index >= 15 is 8.78 Å². The van der Waals surface area contributed by atoms with Gasteiger partial charge in [-0.3, -0.25) is 24.8 Å². The number of aliphatic hydroxyl groups excluding tert-OH is 1. The molecule has 2 heterocycles. The number of allylic oxidation sites excluding steroid dienone is 4. The fourth-order valence-electron chi connectivity index (χ4n) is 10.9. The van der Waals surface area contributed by atoms with Gasteiger partial charge in [0.2, 0.25) is 11.5 Å². The number of halogens is 2. The molecule has 63 heavy (non-hydrogen) atoms. The van der Waals surface area contributed by atoms with Gasteiger partial charge in [-0.25, -0.2) is 18.4 Å². The van der Waals surface area contributed by atoms with Crippen molar-refractivity contribution in [3.63, 3.8) is 0 Å². The second kappa shape index (κ2) is 16.2. The third-order valence-corrected chi connectivity index (χ3v) is 13.6. The number of carbonyl (C=O) groups excluding carboxylic acids is 4.